The number of phenols is 2. The summed E-state index contributed by atoms with van der Waals surface area (Å²) in [4.78, 5) is 24.2. The van der Waals surface area contributed by atoms with Crippen LogP contribution < -0.4 is 10.2 Å². The summed E-state index contributed by atoms with van der Waals surface area (Å²) in [6.07, 6.45) is -7.84. The maximum atomic E-state index is 12.1. The molecule has 0 radical (unpaired) electrons. The van der Waals surface area contributed by atoms with Gasteiger partial charge in [0.2, 0.25) is 17.5 Å². The van der Waals surface area contributed by atoms with E-state index in [1.807, 2.05) is 0 Å². The van der Waals surface area contributed by atoms with Crippen LogP contribution >= 0.6 is 0 Å². The topological polar surface area (TPSA) is 235 Å². The number of carbonyl (C=O) groups excluding carboxylic acids is 1. The van der Waals surface area contributed by atoms with E-state index >= 15 is 0 Å². The molecule has 0 spiro atoms. The fourth-order valence-corrected chi connectivity index (χ4v) is 4.07. The summed E-state index contributed by atoms with van der Waals surface area (Å²) in [5.41, 5.74) is -2.25. The zero-order valence-electron chi connectivity index (χ0n) is 21.6. The van der Waals surface area contributed by atoms with Gasteiger partial charge in [0.15, 0.2) is 23.4 Å². The molecule has 1 aromatic carbocycles. The minimum absolute atomic E-state index is 0.0827. The van der Waals surface area contributed by atoms with E-state index < -0.39 is 79.9 Å². The van der Waals surface area contributed by atoms with Crippen molar-refractivity contribution in [2.75, 3.05) is 19.8 Å². The third-order valence-electron chi connectivity index (χ3n) is 6.52. The first-order valence-corrected chi connectivity index (χ1v) is 12.3. The zero-order chi connectivity index (χ0) is 29.9. The van der Waals surface area contributed by atoms with Crippen LogP contribution in [-0.2, 0) is 23.7 Å². The van der Waals surface area contributed by atoms with Crippen LogP contribution in [0.3, 0.4) is 0 Å². The van der Waals surface area contributed by atoms with Gasteiger partial charge in [0.25, 0.3) is 0 Å². The van der Waals surface area contributed by atoms with E-state index in [1.165, 1.54) is 31.2 Å². The lowest BCUT2D eigenvalue weighted by molar-refractivity contribution is -0.289. The predicted molar refractivity (Wildman–Crippen MR) is 133 cm³/mol. The largest absolute Gasteiger partial charge is 0.504 e. The number of aryl methyl sites for hydroxylation is 1. The quantitative estimate of drug-likeness (QED) is 0.0988. The third kappa shape index (κ3) is 6.86. The summed E-state index contributed by atoms with van der Waals surface area (Å²) < 4.78 is 31.7. The van der Waals surface area contributed by atoms with Gasteiger partial charge in [-0.15, -0.1) is 0 Å². The van der Waals surface area contributed by atoms with Crippen molar-refractivity contribution in [3.05, 3.63) is 58.2 Å². The Bertz CT molecular complexity index is 1310. The Morgan fingerprint density at radius 1 is 1.07 bits per heavy atom. The number of carbonyl (C=O) groups is 1. The number of ether oxygens (including phenoxy) is 5. The maximum Gasteiger partial charge on any atom is 0.330 e. The summed E-state index contributed by atoms with van der Waals surface area (Å²) in [5, 5.41) is 71.1. The van der Waals surface area contributed by atoms with Gasteiger partial charge in [0.05, 0.1) is 19.5 Å². The third-order valence-corrected chi connectivity index (χ3v) is 6.52. The lowest BCUT2D eigenvalue weighted by Gasteiger charge is -2.40. The molecule has 224 valence electrons. The highest BCUT2D eigenvalue weighted by Crippen LogP contribution is 2.29. The van der Waals surface area contributed by atoms with Crippen LogP contribution in [-0.4, -0.2) is 110 Å². The molecule has 3 heterocycles. The predicted octanol–water partition coefficient (Wildman–Crippen LogP) is -1.73. The van der Waals surface area contributed by atoms with Crippen LogP contribution in [0.1, 0.15) is 11.3 Å². The molecule has 15 nitrogen and oxygen atoms in total. The fraction of sp³-hybridized carbons (Fsp3) is 0.462. The Kier molecular flexibility index (Phi) is 9.31. The molecular formula is C26H30O15. The number of hydrogen-bond acceptors (Lipinski definition) is 15. The second-order valence-corrected chi connectivity index (χ2v) is 9.55. The minimum atomic E-state index is -2.06. The van der Waals surface area contributed by atoms with E-state index in [0.717, 1.165) is 18.4 Å². The first kappa shape index (κ1) is 30.4. The van der Waals surface area contributed by atoms with Crippen LogP contribution in [0, 0.1) is 6.92 Å². The van der Waals surface area contributed by atoms with Gasteiger partial charge >= 0.3 is 5.97 Å². The van der Waals surface area contributed by atoms with E-state index in [1.54, 1.807) is 0 Å². The maximum absolute atomic E-state index is 12.1. The van der Waals surface area contributed by atoms with E-state index in [9.17, 15) is 45.3 Å². The molecule has 0 unspecified atom stereocenters. The van der Waals surface area contributed by atoms with Crippen molar-refractivity contribution < 1.29 is 68.6 Å². The van der Waals surface area contributed by atoms with Crippen LogP contribution in [0.2, 0.25) is 0 Å². The van der Waals surface area contributed by atoms with Crippen molar-refractivity contribution in [3.8, 4) is 17.2 Å². The molecule has 4 rings (SSSR count). The van der Waals surface area contributed by atoms with Crippen molar-refractivity contribution in [2.24, 2.45) is 0 Å². The van der Waals surface area contributed by atoms with Crippen LogP contribution in [0.5, 0.6) is 17.2 Å². The molecule has 2 fully saturated rings. The van der Waals surface area contributed by atoms with Crippen molar-refractivity contribution >= 4 is 12.0 Å². The number of hydrogen-bond donors (Lipinski definition) is 7. The number of rotatable bonds is 9. The Balaban J connectivity index is 1.31. The molecule has 2 aromatic rings. The molecule has 0 saturated carbocycles. The van der Waals surface area contributed by atoms with E-state index in [4.69, 9.17) is 28.1 Å². The van der Waals surface area contributed by atoms with Crippen molar-refractivity contribution in [2.45, 2.75) is 55.6 Å². The molecule has 2 aliphatic rings. The van der Waals surface area contributed by atoms with Gasteiger partial charge in [-0.05, 0) is 30.7 Å². The average molecular weight is 583 g/mol. The first-order chi connectivity index (χ1) is 19.4. The van der Waals surface area contributed by atoms with Gasteiger partial charge in [-0.2, -0.15) is 0 Å². The Hall–Kier alpha value is -3.54. The average Bonchev–Trinajstić information content (AvgIpc) is 3.22. The zero-order valence-corrected chi connectivity index (χ0v) is 21.6. The number of aliphatic hydroxyl groups excluding tert-OH is 4. The summed E-state index contributed by atoms with van der Waals surface area (Å²) >= 11 is 0. The lowest BCUT2D eigenvalue weighted by Crippen LogP contribution is -2.60. The molecule has 0 aliphatic carbocycles. The Morgan fingerprint density at radius 3 is 2.54 bits per heavy atom. The molecular weight excluding hydrogens is 552 g/mol. The number of aliphatic hydroxyl groups is 5. The molecule has 8 atom stereocenters. The standard InChI is InChI=1S/C26H30O15/c1-12-22(15(28)6-7-36-12)41-24-21(33)20(32)19(31)17(40-24)9-37-25-23(34)26(35,11-39-25)10-38-18(30)5-3-13-2-4-14(27)16(29)8-13/h2-8,17,19-21,23-25,27,29,31-35H,9-11H2,1H3/t17-,19-,20+,21-,23+,24+,25-,26-/m1/s1. The molecule has 2 aliphatic heterocycles. The highest BCUT2D eigenvalue weighted by Gasteiger charge is 2.51. The normalized spacial score (nSPS) is 31.8. The van der Waals surface area contributed by atoms with Gasteiger partial charge in [-0.1, -0.05) is 6.07 Å². The van der Waals surface area contributed by atoms with Crippen LogP contribution in [0.4, 0.5) is 0 Å². The molecule has 0 bridgehead atoms. The SMILES string of the molecule is Cc1occc(=O)c1O[C@@H]1O[C@H](CO[C@@H]2OC[C@](O)(COC(=O)C=Cc3ccc(O)c(O)c3)[C@H]2O)[C@@H](O)[C@H](O)[C@H]1O. The van der Waals surface area contributed by atoms with Crippen molar-refractivity contribution in [1.29, 1.82) is 0 Å². The van der Waals surface area contributed by atoms with Gasteiger partial charge in [-0.3, -0.25) is 4.79 Å². The second-order valence-electron chi connectivity index (χ2n) is 9.55. The number of esters is 1. The van der Waals surface area contributed by atoms with E-state index in [0.29, 0.717) is 5.56 Å². The monoisotopic (exact) mass is 582 g/mol. The smallest absolute Gasteiger partial charge is 0.330 e. The van der Waals surface area contributed by atoms with Crippen LogP contribution in [0.25, 0.3) is 6.08 Å². The Morgan fingerprint density at radius 2 is 1.83 bits per heavy atom. The number of aromatic hydroxyl groups is 2. The second kappa shape index (κ2) is 12.5. The first-order valence-electron chi connectivity index (χ1n) is 12.3. The molecule has 41 heavy (non-hydrogen) atoms. The van der Waals surface area contributed by atoms with Gasteiger partial charge in [-0.25, -0.2) is 4.79 Å². The lowest BCUT2D eigenvalue weighted by atomic mass is 9.99. The van der Waals surface area contributed by atoms with Gasteiger partial charge in [0.1, 0.15) is 42.9 Å². The van der Waals surface area contributed by atoms with Gasteiger partial charge < -0.3 is 63.8 Å². The van der Waals surface area contributed by atoms with Gasteiger partial charge in [0, 0.05) is 12.1 Å². The molecule has 7 N–H and O–H groups in total. The number of phenolic OH excluding ortho intramolecular Hbond substituents is 2. The van der Waals surface area contributed by atoms with Crippen LogP contribution in [0.15, 0.2) is 45.8 Å². The molecule has 2 saturated heterocycles. The molecule has 0 amide bonds. The van der Waals surface area contributed by atoms with E-state index in [2.05, 4.69) is 0 Å². The molecule has 1 aromatic heterocycles. The van der Waals surface area contributed by atoms with Crippen molar-refractivity contribution in [3.63, 3.8) is 0 Å². The summed E-state index contributed by atoms with van der Waals surface area (Å²) in [6.45, 7) is -0.258. The summed E-state index contributed by atoms with van der Waals surface area (Å²) in [6, 6.07) is 4.96. The minimum Gasteiger partial charge on any atom is -0.504 e. The fourth-order valence-electron chi connectivity index (χ4n) is 4.07. The highest BCUT2D eigenvalue weighted by molar-refractivity contribution is 5.87. The summed E-state index contributed by atoms with van der Waals surface area (Å²) in [5.74, 6) is -1.79. The highest BCUT2D eigenvalue weighted by atomic mass is 16.7. The Labute approximate surface area is 232 Å². The van der Waals surface area contributed by atoms with E-state index in [-0.39, 0.29) is 23.0 Å². The van der Waals surface area contributed by atoms with Crippen molar-refractivity contribution in [1.82, 2.24) is 0 Å². The number of benzene rings is 1. The summed E-state index contributed by atoms with van der Waals surface area (Å²) in [7, 11) is 0. The molecule has 15 heteroatoms.